The number of nitrogens with zero attached hydrogens (tertiary/aromatic N) is 2. The van der Waals surface area contributed by atoms with Gasteiger partial charge in [0.25, 0.3) is 11.5 Å². The molecule has 5 rings (SSSR count). The lowest BCUT2D eigenvalue weighted by Crippen LogP contribution is -2.49. The molecular formula is C25H20F4N2O3. The minimum atomic E-state index is -4.78. The van der Waals surface area contributed by atoms with Crippen LogP contribution in [-0.2, 0) is 6.54 Å². The quantitative estimate of drug-likeness (QED) is 0.514. The number of fused-ring (bicyclic) bond motifs is 4. The van der Waals surface area contributed by atoms with Crippen molar-refractivity contribution in [2.45, 2.75) is 25.2 Å². The summed E-state index contributed by atoms with van der Waals surface area (Å²) in [4.78, 5) is 27.9. The van der Waals surface area contributed by atoms with Gasteiger partial charge in [-0.1, -0.05) is 12.1 Å². The molecule has 0 aliphatic carbocycles. The second-order valence-corrected chi connectivity index (χ2v) is 8.68. The van der Waals surface area contributed by atoms with E-state index < -0.39 is 12.2 Å². The van der Waals surface area contributed by atoms with Gasteiger partial charge in [-0.3, -0.25) is 9.59 Å². The van der Waals surface area contributed by atoms with Gasteiger partial charge in [0.1, 0.15) is 11.6 Å². The third-order valence-corrected chi connectivity index (χ3v) is 6.38. The molecule has 1 fully saturated rings. The number of likely N-dealkylation sites (tertiary alicyclic amines) is 1. The normalized spacial score (nSPS) is 19.5. The number of pyridine rings is 1. The van der Waals surface area contributed by atoms with Crippen LogP contribution in [0.25, 0.3) is 11.1 Å². The van der Waals surface area contributed by atoms with Gasteiger partial charge < -0.3 is 14.2 Å². The van der Waals surface area contributed by atoms with E-state index in [0.29, 0.717) is 36.3 Å². The summed E-state index contributed by atoms with van der Waals surface area (Å²) in [5.74, 6) is -0.843. The molecule has 0 radical (unpaired) electrons. The Balaban J connectivity index is 1.39. The van der Waals surface area contributed by atoms with Crippen molar-refractivity contribution in [1.82, 2.24) is 9.47 Å². The highest BCUT2D eigenvalue weighted by Crippen LogP contribution is 2.36. The first-order chi connectivity index (χ1) is 16.2. The summed E-state index contributed by atoms with van der Waals surface area (Å²) in [6, 6.07) is 14.2. The maximum absolute atomic E-state index is 13.3. The highest BCUT2D eigenvalue weighted by Gasteiger charge is 2.37. The highest BCUT2D eigenvalue weighted by atomic mass is 19.4. The van der Waals surface area contributed by atoms with Crippen molar-refractivity contribution in [2.75, 3.05) is 13.1 Å². The maximum Gasteiger partial charge on any atom is 0.573 e. The smallest absolute Gasteiger partial charge is 0.406 e. The van der Waals surface area contributed by atoms with Gasteiger partial charge in [-0.15, -0.1) is 13.2 Å². The third kappa shape index (κ3) is 4.30. The van der Waals surface area contributed by atoms with Crippen molar-refractivity contribution in [3.8, 4) is 16.9 Å². The van der Waals surface area contributed by atoms with Crippen LogP contribution in [-0.4, -0.2) is 34.8 Å². The number of ether oxygens (including phenoxy) is 1. The van der Waals surface area contributed by atoms with Crippen molar-refractivity contribution < 1.29 is 27.1 Å². The van der Waals surface area contributed by atoms with Crippen LogP contribution in [0, 0.1) is 11.7 Å². The number of halogens is 4. The number of aromatic nitrogens is 1. The summed E-state index contributed by atoms with van der Waals surface area (Å²) >= 11 is 0. The van der Waals surface area contributed by atoms with Crippen molar-refractivity contribution in [3.05, 3.63) is 88.1 Å². The number of hydrogen-bond donors (Lipinski definition) is 0. The number of hydrogen-bond acceptors (Lipinski definition) is 3. The van der Waals surface area contributed by atoms with Crippen LogP contribution in [0.1, 0.15) is 28.4 Å². The van der Waals surface area contributed by atoms with Crippen LogP contribution in [0.15, 0.2) is 65.5 Å². The fourth-order valence-electron chi connectivity index (χ4n) is 4.94. The summed E-state index contributed by atoms with van der Waals surface area (Å²) in [6.45, 7) is 1.39. The summed E-state index contributed by atoms with van der Waals surface area (Å²) < 4.78 is 56.0. The van der Waals surface area contributed by atoms with Crippen LogP contribution < -0.4 is 10.3 Å². The van der Waals surface area contributed by atoms with E-state index in [9.17, 15) is 27.2 Å². The maximum atomic E-state index is 13.3. The van der Waals surface area contributed by atoms with Gasteiger partial charge >= 0.3 is 6.36 Å². The van der Waals surface area contributed by atoms with Gasteiger partial charge in [0.15, 0.2) is 0 Å². The largest absolute Gasteiger partial charge is 0.573 e. The molecular weight excluding hydrogens is 452 g/mol. The van der Waals surface area contributed by atoms with Crippen molar-refractivity contribution >= 4 is 5.91 Å². The molecule has 3 heterocycles. The number of piperidine rings is 1. The molecule has 9 heteroatoms. The lowest BCUT2D eigenvalue weighted by Gasteiger charge is -2.43. The molecule has 1 saturated heterocycles. The van der Waals surface area contributed by atoms with Crippen molar-refractivity contribution in [2.24, 2.45) is 5.92 Å². The molecule has 2 aliphatic heterocycles. The number of alkyl halides is 3. The van der Waals surface area contributed by atoms with E-state index >= 15 is 0 Å². The first-order valence-corrected chi connectivity index (χ1v) is 10.8. The fourth-order valence-corrected chi connectivity index (χ4v) is 4.94. The molecule has 176 valence electrons. The average Bonchev–Trinajstić information content (AvgIpc) is 2.79. The first-order valence-electron chi connectivity index (χ1n) is 10.8. The highest BCUT2D eigenvalue weighted by molar-refractivity contribution is 5.94. The average molecular weight is 472 g/mol. The molecule has 2 atom stereocenters. The molecule has 0 N–H and O–H groups in total. The number of rotatable bonds is 3. The molecule has 0 unspecified atom stereocenters. The minimum absolute atomic E-state index is 0.0128. The monoisotopic (exact) mass is 472 g/mol. The van der Waals surface area contributed by atoms with Crippen LogP contribution in [0.2, 0.25) is 0 Å². The number of benzene rings is 2. The molecule has 0 saturated carbocycles. The second kappa shape index (κ2) is 8.30. The minimum Gasteiger partial charge on any atom is -0.406 e. The summed E-state index contributed by atoms with van der Waals surface area (Å²) in [7, 11) is 0. The Hall–Kier alpha value is -3.62. The first kappa shape index (κ1) is 22.2. The predicted molar refractivity (Wildman–Crippen MR) is 116 cm³/mol. The Morgan fingerprint density at radius 1 is 0.912 bits per heavy atom. The zero-order chi connectivity index (χ0) is 24.0. The van der Waals surface area contributed by atoms with Crippen LogP contribution in [0.4, 0.5) is 17.6 Å². The standard InChI is InChI=1S/C25H20F4N2O3/c26-19-5-1-17(2-6-19)23(32)30-12-15-11-18(14-30)22-10-9-21(24(33)31(22)13-15)16-3-7-20(8-4-16)34-25(27,28)29/h1-10,15,18H,11-14H2/t15-,18-/m1/s1. The van der Waals surface area contributed by atoms with Crippen molar-refractivity contribution in [3.63, 3.8) is 0 Å². The van der Waals surface area contributed by atoms with Gasteiger partial charge in [-0.2, -0.15) is 0 Å². The predicted octanol–water partition coefficient (Wildman–Crippen LogP) is 4.81. The van der Waals surface area contributed by atoms with E-state index in [2.05, 4.69) is 4.74 Å². The molecule has 1 aromatic heterocycles. The number of amides is 1. The van der Waals surface area contributed by atoms with E-state index in [-0.39, 0.29) is 29.1 Å². The number of carbonyl (C=O) groups is 1. The van der Waals surface area contributed by atoms with Crippen molar-refractivity contribution in [1.29, 1.82) is 0 Å². The zero-order valence-corrected chi connectivity index (χ0v) is 17.9. The SMILES string of the molecule is O=C(c1ccc(F)cc1)N1C[C@H]2C[C@H](C1)c1ccc(-c3ccc(OC(F)(F)F)cc3)c(=O)n1C2. The van der Waals surface area contributed by atoms with Gasteiger partial charge in [0, 0.05) is 42.4 Å². The van der Waals surface area contributed by atoms with Gasteiger partial charge in [0.05, 0.1) is 0 Å². The van der Waals surface area contributed by atoms with E-state index in [1.54, 1.807) is 15.5 Å². The van der Waals surface area contributed by atoms with E-state index in [4.69, 9.17) is 0 Å². The summed E-state index contributed by atoms with van der Waals surface area (Å²) in [6.07, 6.45) is -3.92. The second-order valence-electron chi connectivity index (χ2n) is 8.68. The molecule has 2 aromatic carbocycles. The van der Waals surface area contributed by atoms with E-state index in [0.717, 1.165) is 12.1 Å². The molecule has 5 nitrogen and oxygen atoms in total. The lowest BCUT2D eigenvalue weighted by atomic mass is 9.82. The Kier molecular flexibility index (Phi) is 5.42. The Morgan fingerprint density at radius 3 is 2.29 bits per heavy atom. The molecule has 0 spiro atoms. The fraction of sp³-hybridized carbons (Fsp3) is 0.280. The van der Waals surface area contributed by atoms with Gasteiger partial charge in [-0.05, 0) is 66.4 Å². The van der Waals surface area contributed by atoms with Crippen LogP contribution >= 0.6 is 0 Å². The third-order valence-electron chi connectivity index (χ3n) is 6.38. The Labute approximate surface area is 192 Å². The molecule has 2 bridgehead atoms. The summed E-state index contributed by atoms with van der Waals surface area (Å²) in [5.41, 5.74) is 1.93. The molecule has 3 aromatic rings. The molecule has 1 amide bonds. The molecule has 34 heavy (non-hydrogen) atoms. The summed E-state index contributed by atoms with van der Waals surface area (Å²) in [5, 5.41) is 0. The Morgan fingerprint density at radius 2 is 1.62 bits per heavy atom. The molecule has 2 aliphatic rings. The topological polar surface area (TPSA) is 51.5 Å². The number of carbonyl (C=O) groups excluding carboxylic acids is 1. The van der Waals surface area contributed by atoms with Crippen LogP contribution in [0.3, 0.4) is 0 Å². The zero-order valence-electron chi connectivity index (χ0n) is 17.9. The van der Waals surface area contributed by atoms with E-state index in [1.807, 2.05) is 6.07 Å². The van der Waals surface area contributed by atoms with Crippen LogP contribution in [0.5, 0.6) is 5.75 Å². The van der Waals surface area contributed by atoms with E-state index in [1.165, 1.54) is 48.5 Å². The van der Waals surface area contributed by atoms with Gasteiger partial charge in [-0.25, -0.2) is 4.39 Å². The lowest BCUT2D eigenvalue weighted by molar-refractivity contribution is -0.274. The van der Waals surface area contributed by atoms with Gasteiger partial charge in [0.2, 0.25) is 0 Å². The Bertz CT molecular complexity index is 1280.